The lowest BCUT2D eigenvalue weighted by molar-refractivity contribution is -0.118. The number of thiophene rings is 1. The third-order valence-electron chi connectivity index (χ3n) is 4.29. The lowest BCUT2D eigenvalue weighted by Crippen LogP contribution is -2.41. The average Bonchev–Trinajstić information content (AvgIpc) is 3.31. The molecule has 0 fully saturated rings. The first-order valence-corrected chi connectivity index (χ1v) is 10.6. The molecule has 160 valence electrons. The number of amides is 2. The van der Waals surface area contributed by atoms with Crippen LogP contribution in [-0.4, -0.2) is 31.6 Å². The first-order valence-electron chi connectivity index (χ1n) is 9.75. The van der Waals surface area contributed by atoms with Gasteiger partial charge in [0.15, 0.2) is 11.5 Å². The summed E-state index contributed by atoms with van der Waals surface area (Å²) in [6, 6.07) is 19.5. The lowest BCUT2D eigenvalue weighted by Gasteiger charge is -2.18. The molecule has 2 amide bonds. The second-order valence-electron chi connectivity index (χ2n) is 6.73. The van der Waals surface area contributed by atoms with Gasteiger partial charge in [0.05, 0.1) is 13.2 Å². The zero-order valence-electron chi connectivity index (χ0n) is 17.3. The SMILES string of the molecule is COc1ccccc1OC[C@H](C)NC(=O)/C(=C/c1cccs1)NC(=O)c1ccccc1. The molecular weight excluding hydrogens is 412 g/mol. The molecule has 0 saturated heterocycles. The summed E-state index contributed by atoms with van der Waals surface area (Å²) in [6.45, 7) is 2.07. The van der Waals surface area contributed by atoms with Crippen LogP contribution in [0.2, 0.25) is 0 Å². The highest BCUT2D eigenvalue weighted by Crippen LogP contribution is 2.25. The predicted molar refractivity (Wildman–Crippen MR) is 122 cm³/mol. The zero-order valence-corrected chi connectivity index (χ0v) is 18.1. The Bertz CT molecular complexity index is 1030. The normalized spacial score (nSPS) is 12.0. The van der Waals surface area contributed by atoms with E-state index in [4.69, 9.17) is 9.47 Å². The predicted octanol–water partition coefficient (Wildman–Crippen LogP) is 4.11. The molecular formula is C24H24N2O4S. The fourth-order valence-electron chi connectivity index (χ4n) is 2.75. The van der Waals surface area contributed by atoms with Gasteiger partial charge in [0.1, 0.15) is 12.3 Å². The molecule has 1 heterocycles. The molecule has 0 bridgehead atoms. The number of methoxy groups -OCH3 is 1. The van der Waals surface area contributed by atoms with Crippen molar-refractivity contribution >= 4 is 29.2 Å². The monoisotopic (exact) mass is 436 g/mol. The quantitative estimate of drug-likeness (QED) is 0.495. The van der Waals surface area contributed by atoms with Gasteiger partial charge in [-0.25, -0.2) is 0 Å². The highest BCUT2D eigenvalue weighted by Gasteiger charge is 2.17. The molecule has 7 heteroatoms. The Kier molecular flexibility index (Phi) is 7.84. The molecule has 2 aromatic carbocycles. The maximum absolute atomic E-state index is 12.9. The summed E-state index contributed by atoms with van der Waals surface area (Å²) in [5.41, 5.74) is 0.639. The summed E-state index contributed by atoms with van der Waals surface area (Å²) in [7, 11) is 1.57. The molecule has 0 spiro atoms. The van der Waals surface area contributed by atoms with Crippen LogP contribution < -0.4 is 20.1 Å². The lowest BCUT2D eigenvalue weighted by atomic mass is 10.2. The van der Waals surface area contributed by atoms with Gasteiger partial charge in [0.25, 0.3) is 11.8 Å². The van der Waals surface area contributed by atoms with Crippen molar-refractivity contribution in [1.82, 2.24) is 10.6 Å². The maximum Gasteiger partial charge on any atom is 0.268 e. The highest BCUT2D eigenvalue weighted by atomic mass is 32.1. The number of para-hydroxylation sites is 2. The van der Waals surface area contributed by atoms with Crippen LogP contribution in [0.25, 0.3) is 6.08 Å². The molecule has 1 aromatic heterocycles. The number of hydrogen-bond acceptors (Lipinski definition) is 5. The van der Waals surface area contributed by atoms with Crippen molar-refractivity contribution in [2.24, 2.45) is 0 Å². The molecule has 0 aliphatic heterocycles. The van der Waals surface area contributed by atoms with Crippen LogP contribution in [0.5, 0.6) is 11.5 Å². The van der Waals surface area contributed by atoms with Crippen molar-refractivity contribution in [2.45, 2.75) is 13.0 Å². The van der Waals surface area contributed by atoms with Gasteiger partial charge in [-0.05, 0) is 48.7 Å². The van der Waals surface area contributed by atoms with Crippen LogP contribution in [-0.2, 0) is 4.79 Å². The third kappa shape index (κ3) is 6.45. The highest BCUT2D eigenvalue weighted by molar-refractivity contribution is 7.10. The number of benzene rings is 2. The van der Waals surface area contributed by atoms with Gasteiger partial charge < -0.3 is 20.1 Å². The van der Waals surface area contributed by atoms with E-state index < -0.39 is 5.91 Å². The third-order valence-corrected chi connectivity index (χ3v) is 5.11. The number of rotatable bonds is 9. The van der Waals surface area contributed by atoms with Crippen LogP contribution in [0, 0.1) is 0 Å². The van der Waals surface area contributed by atoms with Crippen molar-refractivity contribution in [2.75, 3.05) is 13.7 Å². The second kappa shape index (κ2) is 11.0. The van der Waals surface area contributed by atoms with Crippen molar-refractivity contribution in [1.29, 1.82) is 0 Å². The van der Waals surface area contributed by atoms with Crippen LogP contribution >= 0.6 is 11.3 Å². The minimum absolute atomic E-state index is 0.167. The molecule has 1 atom stereocenters. The number of carbonyl (C=O) groups excluding carboxylic acids is 2. The Morgan fingerprint density at radius 1 is 1.00 bits per heavy atom. The van der Waals surface area contributed by atoms with Crippen LogP contribution in [0.15, 0.2) is 77.8 Å². The van der Waals surface area contributed by atoms with Crippen molar-refractivity contribution < 1.29 is 19.1 Å². The molecule has 0 radical (unpaired) electrons. The second-order valence-corrected chi connectivity index (χ2v) is 7.71. The fourth-order valence-corrected chi connectivity index (χ4v) is 3.41. The van der Waals surface area contributed by atoms with E-state index >= 15 is 0 Å². The van der Waals surface area contributed by atoms with Gasteiger partial charge >= 0.3 is 0 Å². The topological polar surface area (TPSA) is 76.7 Å². The van der Waals surface area contributed by atoms with Crippen LogP contribution in [0.4, 0.5) is 0 Å². The summed E-state index contributed by atoms with van der Waals surface area (Å²) >= 11 is 1.48. The van der Waals surface area contributed by atoms with Crippen molar-refractivity contribution in [3.8, 4) is 11.5 Å². The summed E-state index contributed by atoms with van der Waals surface area (Å²) in [6.07, 6.45) is 1.66. The molecule has 0 aliphatic carbocycles. The number of carbonyl (C=O) groups is 2. The summed E-state index contributed by atoms with van der Waals surface area (Å²) in [4.78, 5) is 26.4. The van der Waals surface area contributed by atoms with E-state index in [-0.39, 0.29) is 24.3 Å². The first kappa shape index (κ1) is 22.1. The van der Waals surface area contributed by atoms with Gasteiger partial charge in [0.2, 0.25) is 0 Å². The van der Waals surface area contributed by atoms with Crippen LogP contribution in [0.3, 0.4) is 0 Å². The fraction of sp³-hybridized carbons (Fsp3) is 0.167. The number of ether oxygens (including phenoxy) is 2. The molecule has 2 N–H and O–H groups in total. The van der Waals surface area contributed by atoms with E-state index in [1.54, 1.807) is 49.6 Å². The van der Waals surface area contributed by atoms with E-state index in [0.717, 1.165) is 4.88 Å². The number of hydrogen-bond donors (Lipinski definition) is 2. The standard InChI is InChI=1S/C24H24N2O4S/c1-17(16-30-22-13-7-6-12-21(22)29-2)25-24(28)20(15-19-11-8-14-31-19)26-23(27)18-9-4-3-5-10-18/h3-15,17H,16H2,1-2H3,(H,25,28)(H,26,27)/b20-15-/t17-/m0/s1. The van der Waals surface area contributed by atoms with Gasteiger partial charge in [-0.15, -0.1) is 11.3 Å². The van der Waals surface area contributed by atoms with E-state index in [1.807, 2.05) is 42.6 Å². The van der Waals surface area contributed by atoms with E-state index in [9.17, 15) is 9.59 Å². The summed E-state index contributed by atoms with van der Waals surface area (Å²) in [5, 5.41) is 7.51. The number of nitrogens with one attached hydrogen (secondary N) is 2. The largest absolute Gasteiger partial charge is 0.493 e. The Hall–Kier alpha value is -3.58. The zero-order chi connectivity index (χ0) is 22.1. The molecule has 0 saturated carbocycles. The van der Waals surface area contributed by atoms with Crippen molar-refractivity contribution in [3.63, 3.8) is 0 Å². The molecule has 31 heavy (non-hydrogen) atoms. The summed E-state index contributed by atoms with van der Waals surface area (Å²) in [5.74, 6) is 0.470. The molecule has 0 aliphatic rings. The van der Waals surface area contributed by atoms with Gasteiger partial charge in [0, 0.05) is 10.4 Å². The van der Waals surface area contributed by atoms with Gasteiger partial charge in [-0.1, -0.05) is 36.4 Å². The Labute approximate surface area is 185 Å². The van der Waals surface area contributed by atoms with E-state index in [1.165, 1.54) is 11.3 Å². The maximum atomic E-state index is 12.9. The van der Waals surface area contributed by atoms with Gasteiger partial charge in [-0.2, -0.15) is 0 Å². The summed E-state index contributed by atoms with van der Waals surface area (Å²) < 4.78 is 11.1. The minimum Gasteiger partial charge on any atom is -0.493 e. The van der Waals surface area contributed by atoms with E-state index in [0.29, 0.717) is 17.1 Å². The minimum atomic E-state index is -0.395. The Balaban J connectivity index is 1.67. The molecule has 0 unspecified atom stereocenters. The molecule has 6 nitrogen and oxygen atoms in total. The average molecular weight is 437 g/mol. The van der Waals surface area contributed by atoms with Gasteiger partial charge in [-0.3, -0.25) is 9.59 Å². The Morgan fingerprint density at radius 3 is 2.39 bits per heavy atom. The molecule has 3 rings (SSSR count). The smallest absolute Gasteiger partial charge is 0.268 e. The van der Waals surface area contributed by atoms with E-state index in [2.05, 4.69) is 10.6 Å². The first-order chi connectivity index (χ1) is 15.1. The van der Waals surface area contributed by atoms with Crippen molar-refractivity contribution in [3.05, 3.63) is 88.2 Å². The Morgan fingerprint density at radius 2 is 1.71 bits per heavy atom. The molecule has 3 aromatic rings. The van der Waals surface area contributed by atoms with Crippen LogP contribution in [0.1, 0.15) is 22.2 Å².